The third-order valence-corrected chi connectivity index (χ3v) is 3.15. The summed E-state index contributed by atoms with van der Waals surface area (Å²) in [5, 5.41) is 6.99. The fourth-order valence-corrected chi connectivity index (χ4v) is 2.07. The molecule has 0 saturated heterocycles. The van der Waals surface area contributed by atoms with Crippen molar-refractivity contribution in [1.29, 1.82) is 0 Å². The Morgan fingerprint density at radius 3 is 2.65 bits per heavy atom. The van der Waals surface area contributed by atoms with Crippen molar-refractivity contribution in [1.82, 2.24) is 14.8 Å². The van der Waals surface area contributed by atoms with Gasteiger partial charge in [-0.3, -0.25) is 9.67 Å². The predicted octanol–water partition coefficient (Wildman–Crippen LogP) is 3.28. The molecule has 0 radical (unpaired) electrons. The van der Waals surface area contributed by atoms with Crippen molar-refractivity contribution in [2.45, 2.75) is 19.6 Å². The Morgan fingerprint density at radius 2 is 2.05 bits per heavy atom. The van der Waals surface area contributed by atoms with Gasteiger partial charge in [0.2, 0.25) is 0 Å². The van der Waals surface area contributed by atoms with E-state index in [4.69, 9.17) is 21.7 Å². The van der Waals surface area contributed by atoms with Crippen molar-refractivity contribution in [2.75, 3.05) is 7.11 Å². The number of nitrogens with zero attached hydrogens (tertiary/aromatic N) is 2. The minimum Gasteiger partial charge on any atom is -0.497 e. The summed E-state index contributed by atoms with van der Waals surface area (Å²) >= 11 is 5.18. The highest BCUT2D eigenvalue weighted by atomic mass is 32.1. The van der Waals surface area contributed by atoms with Crippen LogP contribution in [0.25, 0.3) is 0 Å². The van der Waals surface area contributed by atoms with Crippen molar-refractivity contribution >= 4 is 12.2 Å². The summed E-state index contributed by atoms with van der Waals surface area (Å²) in [6, 6.07) is 7.41. The van der Waals surface area contributed by atoms with Gasteiger partial charge in [-0.1, -0.05) is 6.08 Å². The van der Waals surface area contributed by atoms with Crippen LogP contribution in [0.15, 0.2) is 36.9 Å². The van der Waals surface area contributed by atoms with Crippen LogP contribution < -0.4 is 9.47 Å². The van der Waals surface area contributed by atoms with Gasteiger partial charge >= 0.3 is 0 Å². The number of hydrogen-bond acceptors (Lipinski definition) is 4. The zero-order chi connectivity index (χ0) is 14.5. The number of methoxy groups -OCH3 is 1. The molecule has 1 heterocycles. The first kappa shape index (κ1) is 14.3. The molecular weight excluding hydrogens is 274 g/mol. The van der Waals surface area contributed by atoms with Gasteiger partial charge in [-0.25, -0.2) is 0 Å². The van der Waals surface area contributed by atoms with Gasteiger partial charge in [0.1, 0.15) is 11.5 Å². The number of rotatable bonds is 6. The van der Waals surface area contributed by atoms with Crippen LogP contribution in [-0.4, -0.2) is 21.9 Å². The Balaban J connectivity index is 2.16. The van der Waals surface area contributed by atoms with E-state index in [1.165, 1.54) is 0 Å². The van der Waals surface area contributed by atoms with E-state index in [2.05, 4.69) is 16.8 Å². The van der Waals surface area contributed by atoms with Crippen molar-refractivity contribution < 1.29 is 9.47 Å². The van der Waals surface area contributed by atoms with Gasteiger partial charge in [-0.2, -0.15) is 5.10 Å². The highest BCUT2D eigenvalue weighted by Gasteiger charge is 2.15. The normalized spacial score (nSPS) is 11.9. The molecule has 1 atom stereocenters. The maximum absolute atomic E-state index is 5.86. The van der Waals surface area contributed by atoms with Gasteiger partial charge in [0, 0.05) is 6.54 Å². The molecule has 2 aromatic rings. The first-order valence-electron chi connectivity index (χ1n) is 6.22. The Kier molecular flexibility index (Phi) is 4.57. The highest BCUT2D eigenvalue weighted by Crippen LogP contribution is 2.23. The standard InChI is InChI=1S/C14H17N3O2S/c1-4-9-17-13(15-16-14(17)20)10(2)19-12-7-5-11(18-3)6-8-12/h4-8,10H,1,9H2,2-3H3,(H,16,20)/t10-/m1/s1. The molecule has 0 aliphatic rings. The Morgan fingerprint density at radius 1 is 1.40 bits per heavy atom. The number of ether oxygens (including phenoxy) is 2. The SMILES string of the molecule is C=CCn1c([C@@H](C)Oc2ccc(OC)cc2)n[nH]c1=S. The minimum absolute atomic E-state index is 0.226. The van der Waals surface area contributed by atoms with Crippen LogP contribution in [0.1, 0.15) is 18.9 Å². The molecule has 0 amide bonds. The van der Waals surface area contributed by atoms with Crippen LogP contribution in [0.4, 0.5) is 0 Å². The second-order valence-corrected chi connectivity index (χ2v) is 4.61. The average Bonchev–Trinajstić information content (AvgIpc) is 2.82. The number of hydrogen-bond donors (Lipinski definition) is 1. The summed E-state index contributed by atoms with van der Waals surface area (Å²) in [6.45, 7) is 6.24. The molecule has 0 fully saturated rings. The zero-order valence-corrected chi connectivity index (χ0v) is 12.3. The zero-order valence-electron chi connectivity index (χ0n) is 11.5. The Hall–Kier alpha value is -2.08. The topological polar surface area (TPSA) is 52.1 Å². The maximum atomic E-state index is 5.86. The van der Waals surface area contributed by atoms with E-state index in [1.807, 2.05) is 35.8 Å². The summed E-state index contributed by atoms with van der Waals surface area (Å²) in [5.74, 6) is 2.28. The van der Waals surface area contributed by atoms with Crippen molar-refractivity contribution in [3.63, 3.8) is 0 Å². The molecule has 0 spiro atoms. The number of H-pyrrole nitrogens is 1. The smallest absolute Gasteiger partial charge is 0.195 e. The lowest BCUT2D eigenvalue weighted by molar-refractivity contribution is 0.211. The van der Waals surface area contributed by atoms with Gasteiger partial charge < -0.3 is 9.47 Å². The summed E-state index contributed by atoms with van der Waals surface area (Å²) in [5.41, 5.74) is 0. The molecule has 1 N–H and O–H groups in total. The van der Waals surface area contributed by atoms with E-state index >= 15 is 0 Å². The average molecular weight is 291 g/mol. The maximum Gasteiger partial charge on any atom is 0.195 e. The third-order valence-electron chi connectivity index (χ3n) is 2.84. The lowest BCUT2D eigenvalue weighted by Crippen LogP contribution is -2.11. The van der Waals surface area contributed by atoms with Crippen molar-refractivity contribution in [2.24, 2.45) is 0 Å². The summed E-state index contributed by atoms with van der Waals surface area (Å²) < 4.78 is 13.4. The summed E-state index contributed by atoms with van der Waals surface area (Å²) in [6.07, 6.45) is 1.55. The molecule has 0 aliphatic heterocycles. The van der Waals surface area contributed by atoms with E-state index in [-0.39, 0.29) is 6.10 Å². The highest BCUT2D eigenvalue weighted by molar-refractivity contribution is 7.71. The molecule has 20 heavy (non-hydrogen) atoms. The number of allylic oxidation sites excluding steroid dienone is 1. The van der Waals surface area contributed by atoms with E-state index in [0.29, 0.717) is 11.3 Å². The molecule has 2 rings (SSSR count). The fraction of sp³-hybridized carbons (Fsp3) is 0.286. The van der Waals surface area contributed by atoms with E-state index in [1.54, 1.807) is 13.2 Å². The number of aromatic nitrogens is 3. The molecule has 5 nitrogen and oxygen atoms in total. The summed E-state index contributed by atoms with van der Waals surface area (Å²) in [4.78, 5) is 0. The van der Waals surface area contributed by atoms with Crippen LogP contribution in [0.5, 0.6) is 11.5 Å². The third kappa shape index (κ3) is 3.08. The molecule has 1 aromatic heterocycles. The Labute approximate surface area is 122 Å². The molecule has 1 aromatic carbocycles. The number of aromatic amines is 1. The predicted molar refractivity (Wildman–Crippen MR) is 79.6 cm³/mol. The van der Waals surface area contributed by atoms with Crippen LogP contribution in [0.2, 0.25) is 0 Å². The summed E-state index contributed by atoms with van der Waals surface area (Å²) in [7, 11) is 1.63. The molecule has 0 bridgehead atoms. The van der Waals surface area contributed by atoms with E-state index < -0.39 is 0 Å². The van der Waals surface area contributed by atoms with Crippen LogP contribution in [0, 0.1) is 4.77 Å². The monoisotopic (exact) mass is 291 g/mol. The van der Waals surface area contributed by atoms with Crippen LogP contribution in [0.3, 0.4) is 0 Å². The number of benzene rings is 1. The van der Waals surface area contributed by atoms with Gasteiger partial charge in [0.15, 0.2) is 16.7 Å². The van der Waals surface area contributed by atoms with Gasteiger partial charge in [0.05, 0.1) is 7.11 Å². The number of nitrogens with one attached hydrogen (secondary N) is 1. The van der Waals surface area contributed by atoms with E-state index in [0.717, 1.165) is 17.3 Å². The van der Waals surface area contributed by atoms with Gasteiger partial charge in [-0.05, 0) is 43.4 Å². The second-order valence-electron chi connectivity index (χ2n) is 4.22. The molecule has 106 valence electrons. The van der Waals surface area contributed by atoms with Crippen LogP contribution in [-0.2, 0) is 6.54 Å². The quantitative estimate of drug-likeness (QED) is 0.655. The molecule has 0 aliphatic carbocycles. The Bertz CT molecular complexity index is 631. The van der Waals surface area contributed by atoms with Gasteiger partial charge in [0.25, 0.3) is 0 Å². The largest absolute Gasteiger partial charge is 0.497 e. The second kappa shape index (κ2) is 6.38. The van der Waals surface area contributed by atoms with Crippen molar-refractivity contribution in [3.05, 3.63) is 47.5 Å². The molecule has 6 heteroatoms. The molecular formula is C14H17N3O2S. The first-order chi connectivity index (χ1) is 9.65. The lowest BCUT2D eigenvalue weighted by atomic mass is 10.3. The van der Waals surface area contributed by atoms with Gasteiger partial charge in [-0.15, -0.1) is 6.58 Å². The molecule has 0 saturated carbocycles. The lowest BCUT2D eigenvalue weighted by Gasteiger charge is -2.15. The van der Waals surface area contributed by atoms with Crippen LogP contribution >= 0.6 is 12.2 Å². The van der Waals surface area contributed by atoms with Crippen molar-refractivity contribution in [3.8, 4) is 11.5 Å². The fourth-order valence-electron chi connectivity index (χ4n) is 1.86. The first-order valence-corrected chi connectivity index (χ1v) is 6.63. The molecule has 0 unspecified atom stereocenters. The minimum atomic E-state index is -0.226. The van der Waals surface area contributed by atoms with E-state index in [9.17, 15) is 0 Å².